The highest BCUT2D eigenvalue weighted by molar-refractivity contribution is 7.54. The first-order valence-corrected chi connectivity index (χ1v) is 10.7. The van der Waals surface area contributed by atoms with Gasteiger partial charge in [-0.15, -0.1) is 9.12 Å². The van der Waals surface area contributed by atoms with E-state index in [9.17, 15) is 9.59 Å². The Hall–Kier alpha value is -0.725. The Kier molecular flexibility index (Phi) is 7.07. The number of carbonyl (C=O) groups is 2. The van der Waals surface area contributed by atoms with Crippen LogP contribution < -0.4 is 0 Å². The molecule has 2 aliphatic carbocycles. The molecule has 2 aliphatic rings. The highest BCUT2D eigenvalue weighted by atomic mass is 31.0. The number of ketones is 2. The molecule has 3 nitrogen and oxygen atoms in total. The third-order valence-electron chi connectivity index (χ3n) is 6.62. The third-order valence-corrected chi connectivity index (χ3v) is 6.85. The zero-order valence-corrected chi connectivity index (χ0v) is 18.2. The molecule has 0 aromatic carbocycles. The topological polar surface area (TPSA) is 43.4 Å². The lowest BCUT2D eigenvalue weighted by molar-refractivity contribution is -0.124. The van der Waals surface area contributed by atoms with E-state index in [2.05, 4.69) is 42.9 Å². The van der Waals surface area contributed by atoms with Gasteiger partial charge in [0.1, 0.15) is 0 Å². The fourth-order valence-corrected chi connectivity index (χ4v) is 5.50. The van der Waals surface area contributed by atoms with Gasteiger partial charge < -0.3 is 4.65 Å². The fourth-order valence-electron chi connectivity index (χ4n) is 5.39. The second-order valence-corrected chi connectivity index (χ2v) is 9.15. The Bertz CT molecular complexity index is 623. The monoisotopic (exact) mass is 376 g/mol. The van der Waals surface area contributed by atoms with Crippen LogP contribution in [0.4, 0.5) is 0 Å². The van der Waals surface area contributed by atoms with Crippen molar-refractivity contribution in [2.45, 2.75) is 66.7 Å². The highest BCUT2D eigenvalue weighted by Crippen LogP contribution is 2.58. The van der Waals surface area contributed by atoms with Gasteiger partial charge in [-0.2, -0.15) is 0 Å². The number of carbonyl (C=O) groups excluding carboxylic acids is 2. The van der Waals surface area contributed by atoms with Crippen LogP contribution in [0.1, 0.15) is 66.7 Å². The summed E-state index contributed by atoms with van der Waals surface area (Å²) in [7, 11) is 3.00. The minimum absolute atomic E-state index is 0.00210. The summed E-state index contributed by atoms with van der Waals surface area (Å²) < 4.78 is 5.30. The highest BCUT2D eigenvalue weighted by Gasteiger charge is 2.48. The second-order valence-electron chi connectivity index (χ2n) is 8.81. The molecule has 0 aromatic rings. The third kappa shape index (κ3) is 4.39. The van der Waals surface area contributed by atoms with Crippen molar-refractivity contribution in [1.29, 1.82) is 0 Å². The first-order valence-electron chi connectivity index (χ1n) is 9.87. The van der Waals surface area contributed by atoms with Crippen molar-refractivity contribution in [3.8, 4) is 0 Å². The van der Waals surface area contributed by atoms with Crippen molar-refractivity contribution in [3.63, 3.8) is 0 Å². The van der Waals surface area contributed by atoms with Crippen LogP contribution in [0.2, 0.25) is 0 Å². The number of allylic oxidation sites excluding steroid dienone is 4. The molecule has 0 spiro atoms. The van der Waals surface area contributed by atoms with E-state index >= 15 is 0 Å². The molecule has 0 bridgehead atoms. The van der Waals surface area contributed by atoms with Gasteiger partial charge in [-0.05, 0) is 49.5 Å². The smallest absolute Gasteiger partial charge is 0.297 e. The molecule has 1 unspecified atom stereocenters. The van der Waals surface area contributed by atoms with E-state index < -0.39 is 0 Å². The van der Waals surface area contributed by atoms with E-state index in [0.717, 1.165) is 25.7 Å². The Balaban J connectivity index is 2.30. The molecule has 0 saturated heterocycles. The largest absolute Gasteiger partial charge is 0.428 e. The Morgan fingerprint density at radius 1 is 1.38 bits per heavy atom. The Labute approximate surface area is 161 Å². The fraction of sp³-hybridized carbons (Fsp3) is 0.714. The summed E-state index contributed by atoms with van der Waals surface area (Å²) in [6.07, 6.45) is 8.89. The van der Waals surface area contributed by atoms with Gasteiger partial charge in [-0.25, -0.2) is 0 Å². The van der Waals surface area contributed by atoms with Crippen LogP contribution in [0, 0.1) is 22.7 Å². The van der Waals surface area contributed by atoms with Crippen LogP contribution in [0.5, 0.6) is 0 Å². The molecule has 0 heterocycles. The average molecular weight is 376 g/mol. The molecule has 5 heteroatoms. The summed E-state index contributed by atoms with van der Waals surface area (Å²) in [6, 6.07) is 0. The minimum Gasteiger partial charge on any atom is -0.428 e. The lowest BCUT2D eigenvalue weighted by Gasteiger charge is -2.52. The van der Waals surface area contributed by atoms with Gasteiger partial charge in [0.15, 0.2) is 11.6 Å². The second kappa shape index (κ2) is 8.53. The number of hydrogen-bond acceptors (Lipinski definition) is 3. The van der Waals surface area contributed by atoms with E-state index in [-0.39, 0.29) is 29.0 Å². The number of hydrogen-bond donors (Lipinski definition) is 0. The summed E-state index contributed by atoms with van der Waals surface area (Å²) in [5, 5.41) is 0. The summed E-state index contributed by atoms with van der Waals surface area (Å²) in [5.74, 6) is 1.35. The van der Waals surface area contributed by atoms with E-state index in [1.54, 1.807) is 6.92 Å². The molecule has 2 rings (SSSR count). The first kappa shape index (κ1) is 21.6. The van der Waals surface area contributed by atoms with Gasteiger partial charge in [0, 0.05) is 11.8 Å². The molecule has 1 fully saturated rings. The van der Waals surface area contributed by atoms with E-state index in [1.807, 2.05) is 6.08 Å². The number of Topliss-reactive ketones (excluding diaryl/α,β-unsaturated/α-hetero) is 1. The molecule has 0 radical (unpaired) electrons. The molecular formula is C21H34BO3P. The summed E-state index contributed by atoms with van der Waals surface area (Å²) in [6.45, 7) is 10.9. The normalized spacial score (nSPS) is 31.9. The molecular weight excluding hydrogens is 342 g/mol. The van der Waals surface area contributed by atoms with E-state index in [1.165, 1.54) is 11.1 Å². The maximum Gasteiger partial charge on any atom is 0.297 e. The molecule has 1 saturated carbocycles. The molecule has 26 heavy (non-hydrogen) atoms. The van der Waals surface area contributed by atoms with Crippen LogP contribution in [-0.2, 0) is 14.2 Å². The minimum atomic E-state index is -0.0596. The van der Waals surface area contributed by atoms with Crippen molar-refractivity contribution < 1.29 is 14.2 Å². The van der Waals surface area contributed by atoms with Crippen molar-refractivity contribution in [2.24, 2.45) is 22.7 Å². The van der Waals surface area contributed by atoms with Crippen molar-refractivity contribution >= 4 is 27.9 Å². The van der Waals surface area contributed by atoms with Crippen LogP contribution in [0.15, 0.2) is 23.3 Å². The maximum absolute atomic E-state index is 12.4. The van der Waals surface area contributed by atoms with Crippen LogP contribution in [0.3, 0.4) is 0 Å². The van der Waals surface area contributed by atoms with Crippen molar-refractivity contribution in [3.05, 3.63) is 23.3 Å². The summed E-state index contributed by atoms with van der Waals surface area (Å²) >= 11 is 0. The van der Waals surface area contributed by atoms with Crippen LogP contribution >= 0.6 is 9.12 Å². The Morgan fingerprint density at radius 3 is 2.65 bits per heavy atom. The molecule has 0 aromatic heterocycles. The van der Waals surface area contributed by atoms with E-state index in [4.69, 9.17) is 4.65 Å². The lowest BCUT2D eigenvalue weighted by Crippen LogP contribution is -2.44. The van der Waals surface area contributed by atoms with Gasteiger partial charge >= 0.3 is 0 Å². The maximum atomic E-state index is 12.4. The molecule has 0 N–H and O–H groups in total. The zero-order chi connectivity index (χ0) is 19.5. The van der Waals surface area contributed by atoms with Crippen molar-refractivity contribution in [2.75, 3.05) is 6.61 Å². The number of fused-ring (bicyclic) bond motifs is 1. The van der Waals surface area contributed by atoms with Crippen LogP contribution in [0.25, 0.3) is 0 Å². The first-order chi connectivity index (χ1) is 12.2. The SMILES string of the molecule is CC[C@H]1[C@@H]2CC/C(=C/C(C)=O)C(C)(C)C2=CC[C@]1(C)CC(=O)COBP. The summed E-state index contributed by atoms with van der Waals surface area (Å²) in [4.78, 5) is 24.0. The molecule has 0 aliphatic heterocycles. The molecule has 0 amide bonds. The quantitative estimate of drug-likeness (QED) is 0.286. The average Bonchev–Trinajstić information content (AvgIpc) is 2.54. The molecule has 144 valence electrons. The van der Waals surface area contributed by atoms with Gasteiger partial charge in [0.25, 0.3) is 7.20 Å². The van der Waals surface area contributed by atoms with Crippen LogP contribution in [-0.4, -0.2) is 25.4 Å². The summed E-state index contributed by atoms with van der Waals surface area (Å²) in [5.41, 5.74) is 2.68. The predicted molar refractivity (Wildman–Crippen MR) is 112 cm³/mol. The van der Waals surface area contributed by atoms with E-state index in [0.29, 0.717) is 25.5 Å². The number of rotatable bonds is 7. The lowest BCUT2D eigenvalue weighted by atomic mass is 9.52. The standard InChI is InChI=1S/C21H34BO3P/c1-6-18-17-8-7-15(11-14(2)23)20(3,4)19(17)9-10-21(18,5)12-16(24)13-25-22-26/h9,11,17-18,22H,6-8,10,12-13,26H2,1-5H3/b15-11-/t17-,18-,21+/m0/s1. The Morgan fingerprint density at radius 2 is 2.08 bits per heavy atom. The predicted octanol–water partition coefficient (Wildman–Crippen LogP) is 4.42. The van der Waals surface area contributed by atoms with Gasteiger partial charge in [-0.3, -0.25) is 9.59 Å². The molecule has 4 atom stereocenters. The van der Waals surface area contributed by atoms with Gasteiger partial charge in [-0.1, -0.05) is 51.3 Å². The zero-order valence-electron chi connectivity index (χ0n) is 17.1. The van der Waals surface area contributed by atoms with Gasteiger partial charge in [0.2, 0.25) is 0 Å². The van der Waals surface area contributed by atoms with Gasteiger partial charge in [0.05, 0.1) is 6.61 Å². The van der Waals surface area contributed by atoms with Crippen molar-refractivity contribution in [1.82, 2.24) is 0 Å².